The summed E-state index contributed by atoms with van der Waals surface area (Å²) in [7, 11) is 3.60. The highest BCUT2D eigenvalue weighted by Gasteiger charge is 2.04. The van der Waals surface area contributed by atoms with Crippen LogP contribution in [-0.2, 0) is 17.9 Å². The van der Waals surface area contributed by atoms with Crippen molar-refractivity contribution < 1.29 is 4.79 Å². The molecule has 0 bridgehead atoms. The fourth-order valence-electron chi connectivity index (χ4n) is 1.71. The van der Waals surface area contributed by atoms with E-state index in [0.29, 0.717) is 6.42 Å². The molecule has 1 aromatic rings. The Morgan fingerprint density at radius 1 is 1.47 bits per heavy atom. The van der Waals surface area contributed by atoms with Crippen molar-refractivity contribution in [2.45, 2.75) is 32.9 Å². The number of nitrogens with one attached hydrogen (secondary N) is 1. The summed E-state index contributed by atoms with van der Waals surface area (Å²) in [6.07, 6.45) is 3.59. The van der Waals surface area contributed by atoms with Crippen LogP contribution in [0.1, 0.15) is 25.5 Å². The Bertz CT molecular complexity index is 344. The molecule has 1 aromatic heterocycles. The molecule has 0 unspecified atom stereocenters. The predicted molar refractivity (Wildman–Crippen MR) is 69.7 cm³/mol. The van der Waals surface area contributed by atoms with E-state index in [4.69, 9.17) is 0 Å². The van der Waals surface area contributed by atoms with Gasteiger partial charge in [0.25, 0.3) is 0 Å². The molecule has 0 aromatic carbocycles. The Labute approximate surface area is 104 Å². The molecule has 0 spiro atoms. The van der Waals surface area contributed by atoms with E-state index in [1.165, 1.54) is 5.69 Å². The summed E-state index contributed by atoms with van der Waals surface area (Å²) in [6.45, 7) is 4.88. The summed E-state index contributed by atoms with van der Waals surface area (Å²) in [4.78, 5) is 13.1. The number of nitrogens with zero attached hydrogens (tertiary/aromatic N) is 2. The SMILES string of the molecule is CCNCc1cccn1CCCC(=O)N(C)C. The smallest absolute Gasteiger partial charge is 0.222 e. The molecule has 1 amide bonds. The van der Waals surface area contributed by atoms with Crippen LogP contribution < -0.4 is 5.32 Å². The van der Waals surface area contributed by atoms with Gasteiger partial charge in [-0.15, -0.1) is 0 Å². The van der Waals surface area contributed by atoms with Gasteiger partial charge in [0.2, 0.25) is 5.91 Å². The van der Waals surface area contributed by atoms with Crippen LogP contribution >= 0.6 is 0 Å². The van der Waals surface area contributed by atoms with Gasteiger partial charge in [-0.2, -0.15) is 0 Å². The number of carbonyl (C=O) groups excluding carboxylic acids is 1. The fraction of sp³-hybridized carbons (Fsp3) is 0.615. The molecule has 0 atom stereocenters. The number of amides is 1. The summed E-state index contributed by atoms with van der Waals surface area (Å²) in [5.41, 5.74) is 1.28. The van der Waals surface area contributed by atoms with E-state index < -0.39 is 0 Å². The molecule has 4 heteroatoms. The first kappa shape index (κ1) is 13.8. The van der Waals surface area contributed by atoms with Gasteiger partial charge in [0.05, 0.1) is 0 Å². The minimum Gasteiger partial charge on any atom is -0.350 e. The molecule has 4 nitrogen and oxygen atoms in total. The second-order valence-electron chi connectivity index (χ2n) is 4.36. The van der Waals surface area contributed by atoms with Crippen LogP contribution in [0.2, 0.25) is 0 Å². The maximum absolute atomic E-state index is 11.4. The normalized spacial score (nSPS) is 10.5. The lowest BCUT2D eigenvalue weighted by Gasteiger charge is -2.12. The Balaban J connectivity index is 2.36. The van der Waals surface area contributed by atoms with E-state index >= 15 is 0 Å². The van der Waals surface area contributed by atoms with Gasteiger partial charge in [0, 0.05) is 45.5 Å². The third kappa shape index (κ3) is 4.61. The van der Waals surface area contributed by atoms with Crippen molar-refractivity contribution in [2.24, 2.45) is 0 Å². The molecule has 0 saturated carbocycles. The van der Waals surface area contributed by atoms with Gasteiger partial charge in [0.15, 0.2) is 0 Å². The zero-order valence-corrected chi connectivity index (χ0v) is 11.1. The molecule has 0 radical (unpaired) electrons. The van der Waals surface area contributed by atoms with Gasteiger partial charge in [-0.1, -0.05) is 6.92 Å². The summed E-state index contributed by atoms with van der Waals surface area (Å²) >= 11 is 0. The molecular weight excluding hydrogens is 214 g/mol. The monoisotopic (exact) mass is 237 g/mol. The number of aromatic nitrogens is 1. The first-order valence-corrected chi connectivity index (χ1v) is 6.20. The van der Waals surface area contributed by atoms with E-state index in [2.05, 4.69) is 35.1 Å². The number of aryl methyl sites for hydroxylation is 1. The lowest BCUT2D eigenvalue weighted by molar-refractivity contribution is -0.128. The summed E-state index contributed by atoms with van der Waals surface area (Å²) in [5, 5.41) is 3.31. The average molecular weight is 237 g/mol. The Morgan fingerprint density at radius 2 is 2.24 bits per heavy atom. The highest BCUT2D eigenvalue weighted by molar-refractivity contribution is 5.75. The van der Waals surface area contributed by atoms with Gasteiger partial charge in [-0.25, -0.2) is 0 Å². The van der Waals surface area contributed by atoms with Gasteiger partial charge < -0.3 is 14.8 Å². The molecule has 0 saturated heterocycles. The Hall–Kier alpha value is -1.29. The molecule has 0 aliphatic carbocycles. The number of hydrogen-bond donors (Lipinski definition) is 1. The van der Waals surface area contributed by atoms with Crippen molar-refractivity contribution >= 4 is 5.91 Å². The summed E-state index contributed by atoms with van der Waals surface area (Å²) < 4.78 is 2.21. The van der Waals surface area contributed by atoms with Gasteiger partial charge >= 0.3 is 0 Å². The third-order valence-electron chi connectivity index (χ3n) is 2.77. The fourth-order valence-corrected chi connectivity index (χ4v) is 1.71. The van der Waals surface area contributed by atoms with E-state index in [1.807, 2.05) is 0 Å². The molecule has 0 aliphatic heterocycles. The molecule has 0 fully saturated rings. The quantitative estimate of drug-likeness (QED) is 0.779. The maximum atomic E-state index is 11.4. The Kier molecular flexibility index (Phi) is 5.77. The molecule has 1 heterocycles. The van der Waals surface area contributed by atoms with Crippen LogP contribution in [0.3, 0.4) is 0 Å². The van der Waals surface area contributed by atoms with E-state index in [0.717, 1.165) is 26.1 Å². The second kappa shape index (κ2) is 7.12. The van der Waals surface area contributed by atoms with Crippen LogP contribution in [0.4, 0.5) is 0 Å². The zero-order valence-electron chi connectivity index (χ0n) is 11.1. The van der Waals surface area contributed by atoms with E-state index in [1.54, 1.807) is 19.0 Å². The van der Waals surface area contributed by atoms with E-state index in [-0.39, 0.29) is 5.91 Å². The molecular formula is C13H23N3O. The minimum atomic E-state index is 0.199. The van der Waals surface area contributed by atoms with Crippen molar-refractivity contribution in [3.05, 3.63) is 24.0 Å². The van der Waals surface area contributed by atoms with Gasteiger partial charge in [-0.3, -0.25) is 4.79 Å². The third-order valence-corrected chi connectivity index (χ3v) is 2.77. The largest absolute Gasteiger partial charge is 0.350 e. The highest BCUT2D eigenvalue weighted by atomic mass is 16.2. The average Bonchev–Trinajstić information content (AvgIpc) is 2.73. The van der Waals surface area contributed by atoms with Crippen molar-refractivity contribution in [2.75, 3.05) is 20.6 Å². The molecule has 17 heavy (non-hydrogen) atoms. The highest BCUT2D eigenvalue weighted by Crippen LogP contribution is 2.05. The first-order chi connectivity index (χ1) is 8.15. The summed E-state index contributed by atoms with van der Waals surface area (Å²) in [5.74, 6) is 0.199. The molecule has 0 aliphatic rings. The van der Waals surface area contributed by atoms with Crippen LogP contribution in [0.5, 0.6) is 0 Å². The summed E-state index contributed by atoms with van der Waals surface area (Å²) in [6, 6.07) is 4.18. The molecule has 1 N–H and O–H groups in total. The van der Waals surface area contributed by atoms with E-state index in [9.17, 15) is 4.79 Å². The first-order valence-electron chi connectivity index (χ1n) is 6.20. The zero-order chi connectivity index (χ0) is 12.7. The minimum absolute atomic E-state index is 0.199. The molecule has 1 rings (SSSR count). The van der Waals surface area contributed by atoms with Crippen LogP contribution in [-0.4, -0.2) is 36.0 Å². The topological polar surface area (TPSA) is 37.3 Å². The lowest BCUT2D eigenvalue weighted by Crippen LogP contribution is -2.22. The van der Waals surface area contributed by atoms with Crippen molar-refractivity contribution in [3.8, 4) is 0 Å². The second-order valence-corrected chi connectivity index (χ2v) is 4.36. The molecule has 96 valence electrons. The number of hydrogen-bond acceptors (Lipinski definition) is 2. The number of carbonyl (C=O) groups is 1. The lowest BCUT2D eigenvalue weighted by atomic mass is 10.3. The van der Waals surface area contributed by atoms with Crippen molar-refractivity contribution in [3.63, 3.8) is 0 Å². The van der Waals surface area contributed by atoms with Crippen molar-refractivity contribution in [1.82, 2.24) is 14.8 Å². The number of rotatable bonds is 7. The predicted octanol–water partition coefficient (Wildman–Crippen LogP) is 1.47. The van der Waals surface area contributed by atoms with Crippen LogP contribution in [0, 0.1) is 0 Å². The standard InChI is InChI=1S/C13H23N3O/c1-4-14-11-12-7-5-9-16(12)10-6-8-13(17)15(2)3/h5,7,9,14H,4,6,8,10-11H2,1-3H3. The van der Waals surface area contributed by atoms with Gasteiger partial charge in [-0.05, 0) is 25.1 Å². The van der Waals surface area contributed by atoms with Crippen LogP contribution in [0.25, 0.3) is 0 Å². The Morgan fingerprint density at radius 3 is 2.88 bits per heavy atom. The van der Waals surface area contributed by atoms with Crippen LogP contribution in [0.15, 0.2) is 18.3 Å². The maximum Gasteiger partial charge on any atom is 0.222 e. The van der Waals surface area contributed by atoms with Crippen molar-refractivity contribution in [1.29, 1.82) is 0 Å². The van der Waals surface area contributed by atoms with Gasteiger partial charge in [0.1, 0.15) is 0 Å².